The molecule has 0 radical (unpaired) electrons. The van der Waals surface area contributed by atoms with Crippen molar-refractivity contribution in [3.63, 3.8) is 0 Å². The van der Waals surface area contributed by atoms with Crippen LogP contribution in [-0.4, -0.2) is 59.6 Å². The second-order valence-electron chi connectivity index (χ2n) is 6.17. The van der Waals surface area contributed by atoms with Gasteiger partial charge in [-0.05, 0) is 30.8 Å². The molecule has 1 aromatic heterocycles. The highest BCUT2D eigenvalue weighted by molar-refractivity contribution is 6.05. The van der Waals surface area contributed by atoms with Crippen molar-refractivity contribution < 1.29 is 14.7 Å². The molecule has 1 aliphatic heterocycles. The summed E-state index contributed by atoms with van der Waals surface area (Å²) in [7, 11) is 0. The Morgan fingerprint density at radius 1 is 1.20 bits per heavy atom. The topological polar surface area (TPSA) is 85.8 Å². The van der Waals surface area contributed by atoms with Gasteiger partial charge in [0.1, 0.15) is 5.82 Å². The number of hydrogen-bond acceptors (Lipinski definition) is 5. The third-order valence-electron chi connectivity index (χ3n) is 4.49. The van der Waals surface area contributed by atoms with Crippen LogP contribution < -0.4 is 10.2 Å². The van der Waals surface area contributed by atoms with Gasteiger partial charge in [-0.2, -0.15) is 0 Å². The number of amides is 1. The molecule has 1 fully saturated rings. The lowest BCUT2D eigenvalue weighted by molar-refractivity contribution is -0.114. The molecule has 25 heavy (non-hydrogen) atoms. The highest BCUT2D eigenvalue weighted by Crippen LogP contribution is 2.26. The number of likely N-dealkylation sites (N-methyl/N-ethyl adjacent to an activating group) is 1. The normalized spacial score (nSPS) is 15.4. The van der Waals surface area contributed by atoms with Crippen molar-refractivity contribution in [3.05, 3.63) is 29.8 Å². The standard InChI is InChI=1S/C18H22N4O3/c1-3-21-6-8-22(9-7-21)17-11-15(18(24)25)14-10-13(19-12(2)23)4-5-16(14)20-17/h4-5,10-11H,3,6-9H2,1-2H3,(H,19,23)(H,24,25). The Morgan fingerprint density at radius 2 is 1.92 bits per heavy atom. The maximum Gasteiger partial charge on any atom is 0.336 e. The van der Waals surface area contributed by atoms with Gasteiger partial charge in [-0.15, -0.1) is 0 Å². The minimum absolute atomic E-state index is 0.199. The summed E-state index contributed by atoms with van der Waals surface area (Å²) in [4.78, 5) is 32.1. The van der Waals surface area contributed by atoms with Crippen molar-refractivity contribution in [2.24, 2.45) is 0 Å². The lowest BCUT2D eigenvalue weighted by atomic mass is 10.1. The van der Waals surface area contributed by atoms with Crippen LogP contribution in [0.15, 0.2) is 24.3 Å². The summed E-state index contributed by atoms with van der Waals surface area (Å²) in [6.07, 6.45) is 0. The maximum absolute atomic E-state index is 11.7. The van der Waals surface area contributed by atoms with E-state index in [0.29, 0.717) is 22.4 Å². The summed E-state index contributed by atoms with van der Waals surface area (Å²) in [5.74, 6) is -0.511. The molecule has 0 aliphatic carbocycles. The smallest absolute Gasteiger partial charge is 0.336 e. The number of carboxylic acids is 1. The molecule has 2 aromatic rings. The van der Waals surface area contributed by atoms with Gasteiger partial charge >= 0.3 is 5.97 Å². The number of nitrogens with zero attached hydrogens (tertiary/aromatic N) is 3. The second kappa shape index (κ2) is 7.06. The number of carboxylic acid groups (broad SMARTS) is 1. The first kappa shape index (κ1) is 17.2. The molecule has 0 spiro atoms. The summed E-state index contributed by atoms with van der Waals surface area (Å²) >= 11 is 0. The average Bonchev–Trinajstić information content (AvgIpc) is 2.60. The zero-order valence-corrected chi connectivity index (χ0v) is 14.5. The van der Waals surface area contributed by atoms with Gasteiger partial charge in [0.25, 0.3) is 0 Å². The highest BCUT2D eigenvalue weighted by atomic mass is 16.4. The fraction of sp³-hybridized carbons (Fsp3) is 0.389. The largest absolute Gasteiger partial charge is 0.478 e. The van der Waals surface area contributed by atoms with Gasteiger partial charge in [0.15, 0.2) is 0 Å². The van der Waals surface area contributed by atoms with E-state index in [1.807, 2.05) is 0 Å². The number of piperazine rings is 1. The Hall–Kier alpha value is -2.67. The van der Waals surface area contributed by atoms with Crippen molar-refractivity contribution in [1.29, 1.82) is 0 Å². The summed E-state index contributed by atoms with van der Waals surface area (Å²) in [6.45, 7) is 8.12. The molecule has 7 heteroatoms. The van der Waals surface area contributed by atoms with Crippen molar-refractivity contribution in [2.45, 2.75) is 13.8 Å². The third kappa shape index (κ3) is 3.71. The van der Waals surface area contributed by atoms with Gasteiger partial charge < -0.3 is 20.2 Å². The van der Waals surface area contributed by atoms with Crippen LogP contribution in [0.2, 0.25) is 0 Å². The number of aromatic nitrogens is 1. The minimum Gasteiger partial charge on any atom is -0.478 e. The molecule has 7 nitrogen and oxygen atoms in total. The highest BCUT2D eigenvalue weighted by Gasteiger charge is 2.20. The Kier molecular flexibility index (Phi) is 4.85. The fourth-order valence-corrected chi connectivity index (χ4v) is 3.12. The van der Waals surface area contributed by atoms with Crippen LogP contribution in [0.25, 0.3) is 10.9 Å². The zero-order valence-electron chi connectivity index (χ0n) is 14.5. The predicted molar refractivity (Wildman–Crippen MR) is 97.3 cm³/mol. The molecule has 0 saturated carbocycles. The SMILES string of the molecule is CCN1CCN(c2cc(C(=O)O)c3cc(NC(C)=O)ccc3n2)CC1. The van der Waals surface area contributed by atoms with Crippen LogP contribution in [0.3, 0.4) is 0 Å². The molecule has 0 unspecified atom stereocenters. The van der Waals surface area contributed by atoms with Crippen molar-refractivity contribution >= 4 is 34.3 Å². The summed E-state index contributed by atoms with van der Waals surface area (Å²) in [5, 5.41) is 12.8. The number of aromatic carboxylic acids is 1. The lowest BCUT2D eigenvalue weighted by Crippen LogP contribution is -2.46. The van der Waals surface area contributed by atoms with Gasteiger partial charge in [-0.3, -0.25) is 4.79 Å². The second-order valence-corrected chi connectivity index (χ2v) is 6.17. The van der Waals surface area contributed by atoms with Crippen molar-refractivity contribution in [2.75, 3.05) is 42.9 Å². The van der Waals surface area contributed by atoms with Gasteiger partial charge in [0.05, 0.1) is 11.1 Å². The summed E-state index contributed by atoms with van der Waals surface area (Å²) < 4.78 is 0. The number of hydrogen-bond donors (Lipinski definition) is 2. The van der Waals surface area contributed by atoms with Crippen LogP contribution >= 0.6 is 0 Å². The van der Waals surface area contributed by atoms with Crippen LogP contribution in [0.5, 0.6) is 0 Å². The first-order chi connectivity index (χ1) is 12.0. The van der Waals surface area contributed by atoms with E-state index in [1.54, 1.807) is 24.3 Å². The van der Waals surface area contributed by atoms with E-state index in [2.05, 4.69) is 27.0 Å². The Bertz CT molecular complexity index is 813. The Balaban J connectivity index is 1.99. The van der Waals surface area contributed by atoms with E-state index in [0.717, 1.165) is 32.7 Å². The predicted octanol–water partition coefficient (Wildman–Crippen LogP) is 2.03. The molecule has 0 bridgehead atoms. The quantitative estimate of drug-likeness (QED) is 0.884. The Morgan fingerprint density at radius 3 is 2.52 bits per heavy atom. The number of anilines is 2. The number of benzene rings is 1. The molecule has 2 N–H and O–H groups in total. The number of carbonyl (C=O) groups is 2. The van der Waals surface area contributed by atoms with E-state index in [4.69, 9.17) is 0 Å². The van der Waals surface area contributed by atoms with Crippen LogP contribution in [0.1, 0.15) is 24.2 Å². The Labute approximate surface area is 146 Å². The number of rotatable bonds is 4. The molecule has 2 heterocycles. The first-order valence-electron chi connectivity index (χ1n) is 8.41. The van der Waals surface area contributed by atoms with Gasteiger partial charge in [0.2, 0.25) is 5.91 Å². The summed E-state index contributed by atoms with van der Waals surface area (Å²) in [6, 6.07) is 6.77. The zero-order chi connectivity index (χ0) is 18.0. The maximum atomic E-state index is 11.7. The molecule has 1 aromatic carbocycles. The van der Waals surface area contributed by atoms with E-state index >= 15 is 0 Å². The van der Waals surface area contributed by atoms with Crippen LogP contribution in [0.4, 0.5) is 11.5 Å². The molecule has 1 aliphatic rings. The molecule has 0 atom stereocenters. The van der Waals surface area contributed by atoms with Crippen LogP contribution in [-0.2, 0) is 4.79 Å². The minimum atomic E-state index is -0.999. The van der Waals surface area contributed by atoms with E-state index in [1.165, 1.54) is 6.92 Å². The molecule has 3 rings (SSSR count). The number of carbonyl (C=O) groups excluding carboxylic acids is 1. The molecule has 1 amide bonds. The van der Waals surface area contributed by atoms with E-state index in [-0.39, 0.29) is 11.5 Å². The average molecular weight is 342 g/mol. The van der Waals surface area contributed by atoms with Gasteiger partial charge in [0, 0.05) is 44.2 Å². The molecule has 1 saturated heterocycles. The number of fused-ring (bicyclic) bond motifs is 1. The first-order valence-corrected chi connectivity index (χ1v) is 8.41. The van der Waals surface area contributed by atoms with Crippen LogP contribution in [0, 0.1) is 0 Å². The van der Waals surface area contributed by atoms with E-state index in [9.17, 15) is 14.7 Å². The third-order valence-corrected chi connectivity index (χ3v) is 4.49. The van der Waals surface area contributed by atoms with Gasteiger partial charge in [-0.25, -0.2) is 9.78 Å². The van der Waals surface area contributed by atoms with Crippen molar-refractivity contribution in [1.82, 2.24) is 9.88 Å². The molecular formula is C18H22N4O3. The van der Waals surface area contributed by atoms with Gasteiger partial charge in [-0.1, -0.05) is 6.92 Å². The van der Waals surface area contributed by atoms with E-state index < -0.39 is 5.97 Å². The fourth-order valence-electron chi connectivity index (χ4n) is 3.12. The number of nitrogens with one attached hydrogen (secondary N) is 1. The van der Waals surface area contributed by atoms with Crippen molar-refractivity contribution in [3.8, 4) is 0 Å². The lowest BCUT2D eigenvalue weighted by Gasteiger charge is -2.35. The number of pyridine rings is 1. The summed E-state index contributed by atoms with van der Waals surface area (Å²) in [5.41, 5.74) is 1.38. The molecular weight excluding hydrogens is 320 g/mol. The monoisotopic (exact) mass is 342 g/mol. The molecule has 132 valence electrons.